The van der Waals surface area contributed by atoms with E-state index >= 15 is 0 Å². The number of aromatic amines is 2. The zero-order valence-electron chi connectivity index (χ0n) is 29.7. The van der Waals surface area contributed by atoms with Gasteiger partial charge in [0.25, 0.3) is 0 Å². The van der Waals surface area contributed by atoms with Crippen LogP contribution >= 0.6 is 0 Å². The number of ether oxygens (including phenoxy) is 3. The first-order chi connectivity index (χ1) is 25.2. The average Bonchev–Trinajstić information content (AvgIpc) is 4.00. The Labute approximate surface area is 301 Å². The highest BCUT2D eigenvalue weighted by Crippen LogP contribution is 2.34. The summed E-state index contributed by atoms with van der Waals surface area (Å²) in [7, 11) is 4.00. The van der Waals surface area contributed by atoms with Crippen LogP contribution in [0.2, 0.25) is 0 Å². The van der Waals surface area contributed by atoms with Gasteiger partial charge in [0.1, 0.15) is 23.7 Å². The zero-order chi connectivity index (χ0) is 36.8. The lowest BCUT2D eigenvalue weighted by molar-refractivity contribution is -0.136. The molecule has 2 fully saturated rings. The number of aromatic nitrogens is 4. The van der Waals surface area contributed by atoms with E-state index in [-0.39, 0.29) is 30.5 Å². The van der Waals surface area contributed by atoms with Crippen molar-refractivity contribution in [3.63, 3.8) is 0 Å². The van der Waals surface area contributed by atoms with Crippen molar-refractivity contribution in [1.82, 2.24) is 40.4 Å². The molecular weight excluding hydrogens is 668 g/mol. The van der Waals surface area contributed by atoms with Gasteiger partial charge < -0.3 is 44.6 Å². The molecule has 4 N–H and O–H groups in total. The van der Waals surface area contributed by atoms with Crippen molar-refractivity contribution in [2.45, 2.75) is 56.8 Å². The van der Waals surface area contributed by atoms with Crippen LogP contribution in [0.1, 0.15) is 56.3 Å². The molecule has 2 saturated heterocycles. The molecule has 2 aliphatic rings. The van der Waals surface area contributed by atoms with E-state index in [1.807, 2.05) is 24.3 Å². The molecule has 0 unspecified atom stereocenters. The normalized spacial score (nSPS) is 18.2. The Bertz CT molecular complexity index is 1870. The first-order valence-corrected chi connectivity index (χ1v) is 17.3. The van der Waals surface area contributed by atoms with Crippen molar-refractivity contribution in [1.29, 1.82) is 0 Å². The maximum absolute atomic E-state index is 13.4. The molecule has 2 aliphatic heterocycles. The number of nitrogens with zero attached hydrogens (tertiary/aromatic N) is 4. The van der Waals surface area contributed by atoms with E-state index in [4.69, 9.17) is 4.74 Å². The van der Waals surface area contributed by atoms with Crippen molar-refractivity contribution in [3.8, 4) is 33.6 Å². The number of carbonyl (C=O) groups excluding carboxylic acids is 4. The molecule has 15 nitrogen and oxygen atoms in total. The van der Waals surface area contributed by atoms with Crippen LogP contribution in [-0.4, -0.2) is 107 Å². The van der Waals surface area contributed by atoms with Crippen molar-refractivity contribution in [2.75, 3.05) is 41.0 Å². The second-order valence-corrected chi connectivity index (χ2v) is 12.9. The number of rotatable bonds is 11. The molecule has 0 radical (unpaired) electrons. The van der Waals surface area contributed by atoms with Crippen LogP contribution in [0.4, 0.5) is 9.59 Å². The van der Waals surface area contributed by atoms with Crippen LogP contribution in [0.3, 0.4) is 0 Å². The van der Waals surface area contributed by atoms with Crippen LogP contribution in [0, 0.1) is 0 Å². The number of nitrogens with one attached hydrogen (secondary N) is 4. The zero-order valence-corrected chi connectivity index (χ0v) is 29.7. The second-order valence-electron chi connectivity index (χ2n) is 12.9. The molecule has 4 heterocycles. The number of alkyl carbamates (subject to hydrolysis) is 2. The van der Waals surface area contributed by atoms with Crippen molar-refractivity contribution >= 4 is 24.0 Å². The first-order valence-electron chi connectivity index (χ1n) is 17.3. The monoisotopic (exact) mass is 712 g/mol. The average molecular weight is 713 g/mol. The van der Waals surface area contributed by atoms with Gasteiger partial charge in [-0.3, -0.25) is 9.59 Å². The lowest BCUT2D eigenvalue weighted by Gasteiger charge is -2.27. The number of H-pyrrole nitrogens is 2. The molecule has 4 amide bonds. The lowest BCUT2D eigenvalue weighted by atomic mass is 10.0. The molecule has 274 valence electrons. The molecule has 4 atom stereocenters. The van der Waals surface area contributed by atoms with Crippen molar-refractivity contribution in [3.05, 3.63) is 72.6 Å². The van der Waals surface area contributed by atoms with Gasteiger partial charge in [-0.05, 0) is 54.9 Å². The third kappa shape index (κ3) is 7.78. The number of imidazole rings is 2. The highest BCUT2D eigenvalue weighted by atomic mass is 16.5. The van der Waals surface area contributed by atoms with Gasteiger partial charge in [-0.1, -0.05) is 48.5 Å². The molecule has 6 rings (SSSR count). The van der Waals surface area contributed by atoms with E-state index in [0.29, 0.717) is 24.7 Å². The summed E-state index contributed by atoms with van der Waals surface area (Å²) in [6.07, 6.45) is 5.42. The van der Waals surface area contributed by atoms with Crippen LogP contribution in [0.15, 0.2) is 60.9 Å². The fourth-order valence-electron chi connectivity index (χ4n) is 6.91. The SMILES string of the molecule is COC[C@H](NC(=O)OC)C(=O)N1CCC[C@H]1c1ncc(-c2ccc(-c3ccc(-c4cnc([C@@H]5CCCN5C(=O)[C@H](C)NC(=O)OC)[nH]4)cc3)cc2)[nH]1. The molecule has 0 saturated carbocycles. The van der Waals surface area contributed by atoms with E-state index in [0.717, 1.165) is 59.3 Å². The fraction of sp³-hybridized carbons (Fsp3) is 0.405. The molecule has 2 aromatic carbocycles. The van der Waals surface area contributed by atoms with Crippen LogP contribution < -0.4 is 10.6 Å². The molecule has 0 bridgehead atoms. The topological polar surface area (TPSA) is 184 Å². The van der Waals surface area contributed by atoms with E-state index in [1.165, 1.54) is 21.3 Å². The second kappa shape index (κ2) is 16.1. The molecular formula is C37H44N8O7. The van der Waals surface area contributed by atoms with Gasteiger partial charge in [0.05, 0.1) is 56.7 Å². The summed E-state index contributed by atoms with van der Waals surface area (Å²) >= 11 is 0. The predicted octanol–water partition coefficient (Wildman–Crippen LogP) is 4.58. The number of methoxy groups -OCH3 is 3. The van der Waals surface area contributed by atoms with Crippen LogP contribution in [0.25, 0.3) is 33.6 Å². The maximum Gasteiger partial charge on any atom is 0.407 e. The minimum Gasteiger partial charge on any atom is -0.453 e. The standard InChI is InChI=1S/C37H44N8O7/c1-22(40-36(48)51-3)34(46)44-17-5-7-30(44)32-38-19-27(41-32)25-13-9-23(10-14-25)24-11-15-26(16-12-24)28-20-39-33(42-28)31-8-6-18-45(31)35(47)29(21-50-2)43-37(49)52-4/h9-16,19-20,22,29-31H,5-8,17-18,21H2,1-4H3,(H,38,41)(H,39,42)(H,40,48)(H,43,49)/t22-,29-,30-,31-/m0/s1. The van der Waals surface area contributed by atoms with E-state index in [2.05, 4.69) is 64.3 Å². The van der Waals surface area contributed by atoms with Gasteiger partial charge in [-0.25, -0.2) is 19.6 Å². The molecule has 52 heavy (non-hydrogen) atoms. The highest BCUT2D eigenvalue weighted by molar-refractivity contribution is 5.87. The van der Waals surface area contributed by atoms with E-state index in [9.17, 15) is 19.2 Å². The van der Waals surface area contributed by atoms with Gasteiger partial charge in [0, 0.05) is 20.2 Å². The Kier molecular flexibility index (Phi) is 11.2. The Morgan fingerprint density at radius 3 is 1.62 bits per heavy atom. The van der Waals surface area contributed by atoms with Crippen molar-refractivity contribution < 1.29 is 33.4 Å². The quantitative estimate of drug-likeness (QED) is 0.173. The Morgan fingerprint density at radius 1 is 0.712 bits per heavy atom. The number of hydrogen-bond donors (Lipinski definition) is 4. The van der Waals surface area contributed by atoms with Crippen LogP contribution in [0.5, 0.6) is 0 Å². The summed E-state index contributed by atoms with van der Waals surface area (Å²) in [5, 5.41) is 5.12. The number of carbonyl (C=O) groups is 4. The van der Waals surface area contributed by atoms with Gasteiger partial charge in [-0.2, -0.15) is 0 Å². The third-order valence-electron chi connectivity index (χ3n) is 9.62. The summed E-state index contributed by atoms with van der Waals surface area (Å²) < 4.78 is 14.5. The number of benzene rings is 2. The summed E-state index contributed by atoms with van der Waals surface area (Å²) in [5.41, 5.74) is 5.71. The molecule has 0 aliphatic carbocycles. The van der Waals surface area contributed by atoms with E-state index in [1.54, 1.807) is 29.1 Å². The molecule has 2 aromatic heterocycles. The molecule has 15 heteroatoms. The summed E-state index contributed by atoms with van der Waals surface area (Å²) in [5.74, 6) is 0.980. The van der Waals surface area contributed by atoms with Gasteiger partial charge >= 0.3 is 12.2 Å². The maximum atomic E-state index is 13.4. The smallest absolute Gasteiger partial charge is 0.407 e. The first kappa shape index (κ1) is 36.1. The molecule has 0 spiro atoms. The predicted molar refractivity (Wildman–Crippen MR) is 191 cm³/mol. The number of likely N-dealkylation sites (tertiary alicyclic amines) is 2. The van der Waals surface area contributed by atoms with Gasteiger partial charge in [0.2, 0.25) is 11.8 Å². The number of amides is 4. The van der Waals surface area contributed by atoms with Crippen LogP contribution in [-0.2, 0) is 23.8 Å². The minimum atomic E-state index is -0.862. The summed E-state index contributed by atoms with van der Waals surface area (Å²) in [4.78, 5) is 69.4. The fourth-order valence-corrected chi connectivity index (χ4v) is 6.91. The van der Waals surface area contributed by atoms with Crippen molar-refractivity contribution in [2.24, 2.45) is 0 Å². The molecule has 4 aromatic rings. The highest BCUT2D eigenvalue weighted by Gasteiger charge is 2.37. The Balaban J connectivity index is 1.10. The van der Waals surface area contributed by atoms with E-state index < -0.39 is 24.3 Å². The third-order valence-corrected chi connectivity index (χ3v) is 9.62. The largest absolute Gasteiger partial charge is 0.453 e. The summed E-state index contributed by atoms with van der Waals surface area (Å²) in [6, 6.07) is 14.3. The van der Waals surface area contributed by atoms with Gasteiger partial charge in [-0.15, -0.1) is 0 Å². The Hall–Kier alpha value is -5.70. The minimum absolute atomic E-state index is 0.0295. The van der Waals surface area contributed by atoms with Gasteiger partial charge in [0.15, 0.2) is 0 Å². The number of hydrogen-bond acceptors (Lipinski definition) is 9. The Morgan fingerprint density at radius 2 is 1.15 bits per heavy atom. The summed E-state index contributed by atoms with van der Waals surface area (Å²) in [6.45, 7) is 2.82. The lowest BCUT2D eigenvalue weighted by Crippen LogP contribution is -2.50.